The van der Waals surface area contributed by atoms with E-state index in [2.05, 4.69) is 10.1 Å². The van der Waals surface area contributed by atoms with Gasteiger partial charge in [0.2, 0.25) is 0 Å². The molecule has 0 aromatic carbocycles. The van der Waals surface area contributed by atoms with Gasteiger partial charge in [-0.15, -0.1) is 0 Å². The molecule has 0 saturated heterocycles. The predicted molar refractivity (Wildman–Crippen MR) is 44.9 cm³/mol. The molecule has 0 aliphatic rings. The highest BCUT2D eigenvalue weighted by Gasteiger charge is 2.03. The van der Waals surface area contributed by atoms with Crippen LogP contribution in [0.3, 0.4) is 0 Å². The molecule has 12 heavy (non-hydrogen) atoms. The third-order valence-corrected chi connectivity index (χ3v) is 1.77. The molecule has 0 fully saturated rings. The number of fused-ring (bicyclic) bond motifs is 1. The number of aromatic nitrogens is 3. The summed E-state index contributed by atoms with van der Waals surface area (Å²) < 4.78 is 1.68. The Balaban J connectivity index is 2.83. The average molecular weight is 163 g/mol. The van der Waals surface area contributed by atoms with Crippen molar-refractivity contribution in [1.29, 1.82) is 0 Å². The van der Waals surface area contributed by atoms with E-state index in [-0.39, 0.29) is 5.75 Å². The fraction of sp³-hybridized carbons (Fsp3) is 0.250. The number of aryl methyl sites for hydroxylation is 2. The van der Waals surface area contributed by atoms with Crippen molar-refractivity contribution in [1.82, 2.24) is 14.8 Å². The molecule has 0 aliphatic carbocycles. The van der Waals surface area contributed by atoms with Crippen LogP contribution in [0.15, 0.2) is 12.3 Å². The second-order valence-electron chi connectivity index (χ2n) is 2.80. The highest BCUT2D eigenvalue weighted by atomic mass is 16.3. The van der Waals surface area contributed by atoms with Crippen LogP contribution >= 0.6 is 0 Å². The van der Waals surface area contributed by atoms with E-state index < -0.39 is 0 Å². The molecular formula is C8H9N3O. The molecule has 4 nitrogen and oxygen atoms in total. The van der Waals surface area contributed by atoms with Gasteiger partial charge in [-0.25, -0.2) is 4.98 Å². The van der Waals surface area contributed by atoms with Crippen molar-refractivity contribution < 1.29 is 5.11 Å². The van der Waals surface area contributed by atoms with Crippen LogP contribution in [0.2, 0.25) is 0 Å². The zero-order valence-electron chi connectivity index (χ0n) is 6.94. The maximum absolute atomic E-state index is 9.31. The zero-order chi connectivity index (χ0) is 8.72. The Hall–Kier alpha value is -1.58. The summed E-state index contributed by atoms with van der Waals surface area (Å²) in [5, 5.41) is 13.4. The van der Waals surface area contributed by atoms with Gasteiger partial charge in [0, 0.05) is 13.1 Å². The lowest BCUT2D eigenvalue weighted by molar-refractivity contribution is 0.469. The lowest BCUT2D eigenvalue weighted by Crippen LogP contribution is -1.84. The maximum atomic E-state index is 9.31. The molecule has 0 aliphatic heterocycles. The van der Waals surface area contributed by atoms with Gasteiger partial charge in [0.05, 0.1) is 11.9 Å². The summed E-state index contributed by atoms with van der Waals surface area (Å²) in [6.07, 6.45) is 1.82. The topological polar surface area (TPSA) is 50.9 Å². The largest absolute Gasteiger partial charge is 0.506 e. The van der Waals surface area contributed by atoms with Crippen molar-refractivity contribution in [3.63, 3.8) is 0 Å². The number of hydrogen-bond acceptors (Lipinski definition) is 3. The van der Waals surface area contributed by atoms with E-state index >= 15 is 0 Å². The van der Waals surface area contributed by atoms with Crippen molar-refractivity contribution in [2.24, 2.45) is 7.05 Å². The van der Waals surface area contributed by atoms with Crippen LogP contribution < -0.4 is 0 Å². The summed E-state index contributed by atoms with van der Waals surface area (Å²) in [4.78, 5) is 4.16. The quantitative estimate of drug-likeness (QED) is 0.629. The maximum Gasteiger partial charge on any atom is 0.139 e. The monoisotopic (exact) mass is 163 g/mol. The molecule has 0 unspecified atom stereocenters. The van der Waals surface area contributed by atoms with Gasteiger partial charge in [0.25, 0.3) is 0 Å². The van der Waals surface area contributed by atoms with Crippen LogP contribution in [0.4, 0.5) is 0 Å². The summed E-state index contributed by atoms with van der Waals surface area (Å²) in [5.74, 6) is 0.196. The highest BCUT2D eigenvalue weighted by molar-refractivity contribution is 5.75. The van der Waals surface area contributed by atoms with Gasteiger partial charge < -0.3 is 5.11 Å². The van der Waals surface area contributed by atoms with Gasteiger partial charge in [-0.1, -0.05) is 0 Å². The molecule has 0 spiro atoms. The fourth-order valence-electron chi connectivity index (χ4n) is 1.15. The number of hydrogen-bond donors (Lipinski definition) is 1. The summed E-state index contributed by atoms with van der Waals surface area (Å²) in [6, 6.07) is 1.62. The van der Waals surface area contributed by atoms with Gasteiger partial charge in [-0.05, 0) is 6.92 Å². The molecule has 2 aromatic heterocycles. The summed E-state index contributed by atoms with van der Waals surface area (Å²) in [5.41, 5.74) is 2.17. The van der Waals surface area contributed by atoms with Crippen molar-refractivity contribution in [2.45, 2.75) is 6.92 Å². The standard InChI is InChI=1S/C8H9N3O/c1-5-8(12)3-6-7(9-5)4-11(2)10-6/h3-4,12H,1-2H3. The summed E-state index contributed by atoms with van der Waals surface area (Å²) >= 11 is 0. The van der Waals surface area contributed by atoms with E-state index in [1.165, 1.54) is 0 Å². The molecule has 0 amide bonds. The number of nitrogens with zero attached hydrogens (tertiary/aromatic N) is 3. The van der Waals surface area contributed by atoms with Crippen molar-refractivity contribution in [3.8, 4) is 5.75 Å². The number of aromatic hydroxyl groups is 1. The van der Waals surface area contributed by atoms with E-state index in [9.17, 15) is 5.11 Å². The lowest BCUT2D eigenvalue weighted by atomic mass is 10.3. The van der Waals surface area contributed by atoms with E-state index in [0.717, 1.165) is 11.0 Å². The minimum atomic E-state index is 0.196. The van der Waals surface area contributed by atoms with Crippen molar-refractivity contribution >= 4 is 11.0 Å². The van der Waals surface area contributed by atoms with Gasteiger partial charge in [-0.2, -0.15) is 5.10 Å². The van der Waals surface area contributed by atoms with Crippen LogP contribution in [0.25, 0.3) is 11.0 Å². The molecular weight excluding hydrogens is 154 g/mol. The molecule has 62 valence electrons. The molecule has 0 atom stereocenters. The summed E-state index contributed by atoms with van der Waals surface area (Å²) in [6.45, 7) is 1.77. The first-order valence-electron chi connectivity index (χ1n) is 3.67. The van der Waals surface area contributed by atoms with Gasteiger partial charge in [0.15, 0.2) is 0 Å². The summed E-state index contributed by atoms with van der Waals surface area (Å²) in [7, 11) is 1.83. The molecule has 0 saturated carbocycles. The Bertz CT molecular complexity index is 394. The number of pyridine rings is 1. The first-order valence-corrected chi connectivity index (χ1v) is 3.67. The molecule has 1 N–H and O–H groups in total. The van der Waals surface area contributed by atoms with Crippen LogP contribution in [0.5, 0.6) is 5.75 Å². The molecule has 0 radical (unpaired) electrons. The highest BCUT2D eigenvalue weighted by Crippen LogP contribution is 2.19. The first kappa shape index (κ1) is 7.09. The Morgan fingerprint density at radius 1 is 1.42 bits per heavy atom. The number of rotatable bonds is 0. The second kappa shape index (κ2) is 2.20. The molecule has 2 heterocycles. The normalized spacial score (nSPS) is 10.8. The zero-order valence-corrected chi connectivity index (χ0v) is 6.94. The SMILES string of the molecule is Cc1nc2cn(C)nc2cc1O. The van der Waals surface area contributed by atoms with Gasteiger partial charge in [0.1, 0.15) is 16.8 Å². The Morgan fingerprint density at radius 3 is 2.92 bits per heavy atom. The molecule has 0 bridgehead atoms. The smallest absolute Gasteiger partial charge is 0.139 e. The average Bonchev–Trinajstić information content (AvgIpc) is 2.30. The van der Waals surface area contributed by atoms with Crippen LogP contribution in [0, 0.1) is 6.92 Å². The Kier molecular flexibility index (Phi) is 1.30. The minimum absolute atomic E-state index is 0.196. The minimum Gasteiger partial charge on any atom is -0.506 e. The third kappa shape index (κ3) is 0.922. The fourth-order valence-corrected chi connectivity index (χ4v) is 1.15. The van der Waals surface area contributed by atoms with Gasteiger partial charge in [-0.3, -0.25) is 4.68 Å². The Labute approximate surface area is 69.5 Å². The molecule has 4 heteroatoms. The van der Waals surface area contributed by atoms with E-state index in [1.54, 1.807) is 17.7 Å². The molecule has 2 aromatic rings. The molecule has 2 rings (SSSR count). The van der Waals surface area contributed by atoms with Crippen LogP contribution in [-0.4, -0.2) is 19.9 Å². The van der Waals surface area contributed by atoms with Crippen molar-refractivity contribution in [3.05, 3.63) is 18.0 Å². The van der Waals surface area contributed by atoms with E-state index in [1.807, 2.05) is 13.2 Å². The van der Waals surface area contributed by atoms with E-state index in [0.29, 0.717) is 5.69 Å². The van der Waals surface area contributed by atoms with E-state index in [4.69, 9.17) is 0 Å². The van der Waals surface area contributed by atoms with Crippen LogP contribution in [-0.2, 0) is 7.05 Å². The Morgan fingerprint density at radius 2 is 2.17 bits per heavy atom. The second-order valence-corrected chi connectivity index (χ2v) is 2.80. The van der Waals surface area contributed by atoms with Crippen molar-refractivity contribution in [2.75, 3.05) is 0 Å². The lowest BCUT2D eigenvalue weighted by Gasteiger charge is -1.94. The third-order valence-electron chi connectivity index (χ3n) is 1.77. The van der Waals surface area contributed by atoms with Gasteiger partial charge >= 0.3 is 0 Å². The van der Waals surface area contributed by atoms with Crippen LogP contribution in [0.1, 0.15) is 5.69 Å². The first-order chi connectivity index (χ1) is 5.66. The predicted octanol–water partition coefficient (Wildman–Crippen LogP) is 0.982.